The lowest BCUT2D eigenvalue weighted by atomic mass is 10.2. The Kier molecular flexibility index (Phi) is 13.6. The van der Waals surface area contributed by atoms with Crippen molar-refractivity contribution in [2.24, 2.45) is 0 Å². The Hall–Kier alpha value is -2.23. The van der Waals surface area contributed by atoms with Crippen LogP contribution in [0.4, 0.5) is 0 Å². The van der Waals surface area contributed by atoms with Crippen LogP contribution >= 0.6 is 0 Å². The van der Waals surface area contributed by atoms with E-state index < -0.39 is 0 Å². The smallest absolute Gasteiger partial charge is 0.302 e. The Morgan fingerprint density at radius 3 is 2.73 bits per heavy atom. The molecule has 3 heteroatoms. The van der Waals surface area contributed by atoms with E-state index in [2.05, 4.69) is 23.7 Å². The van der Waals surface area contributed by atoms with Crippen molar-refractivity contribution in [2.45, 2.75) is 45.6 Å². The number of esters is 1. The van der Waals surface area contributed by atoms with Crippen LogP contribution in [-0.4, -0.2) is 23.8 Å². The van der Waals surface area contributed by atoms with Gasteiger partial charge in [-0.3, -0.25) is 4.79 Å². The number of hydrogen-bond donors (Lipinski definition) is 1. The van der Waals surface area contributed by atoms with Gasteiger partial charge in [-0.15, -0.1) is 0 Å². The third kappa shape index (κ3) is 15.8. The van der Waals surface area contributed by atoms with E-state index in [1.54, 1.807) is 12.2 Å². The maximum atomic E-state index is 10.5. The van der Waals surface area contributed by atoms with Gasteiger partial charge in [0.25, 0.3) is 0 Å². The zero-order valence-electron chi connectivity index (χ0n) is 13.3. The summed E-state index contributed by atoms with van der Waals surface area (Å²) in [6, 6.07) is 0. The van der Waals surface area contributed by atoms with Crippen LogP contribution in [0.1, 0.15) is 39.5 Å². The molecule has 0 saturated carbocycles. The monoisotopic (exact) mass is 300 g/mol. The molecule has 0 heterocycles. The van der Waals surface area contributed by atoms with Gasteiger partial charge in [-0.2, -0.15) is 0 Å². The van der Waals surface area contributed by atoms with E-state index in [1.165, 1.54) is 6.92 Å². The van der Waals surface area contributed by atoms with Crippen LogP contribution in [0.15, 0.2) is 36.5 Å². The zero-order chi connectivity index (χ0) is 16.5. The molecule has 0 saturated heterocycles. The molecule has 1 N–H and O–H groups in total. The molecular weight excluding hydrogens is 276 g/mol. The minimum atomic E-state index is -0.366. The van der Waals surface area contributed by atoms with Gasteiger partial charge in [-0.1, -0.05) is 55.6 Å². The zero-order valence-corrected chi connectivity index (χ0v) is 13.3. The Labute approximate surface area is 133 Å². The lowest BCUT2D eigenvalue weighted by Crippen LogP contribution is -1.99. The van der Waals surface area contributed by atoms with Crippen molar-refractivity contribution in [3.05, 3.63) is 36.5 Å². The second-order valence-electron chi connectivity index (χ2n) is 4.50. The highest BCUT2D eigenvalue weighted by atomic mass is 16.5. The summed E-state index contributed by atoms with van der Waals surface area (Å²) in [6.45, 7) is 3.83. The predicted molar refractivity (Wildman–Crippen MR) is 89.8 cm³/mol. The van der Waals surface area contributed by atoms with Crippen molar-refractivity contribution in [2.75, 3.05) is 6.61 Å². The quantitative estimate of drug-likeness (QED) is 0.324. The molecule has 0 unspecified atom stereocenters. The Morgan fingerprint density at radius 2 is 2.00 bits per heavy atom. The lowest BCUT2D eigenvalue weighted by molar-refractivity contribution is -0.141. The molecule has 1 atom stereocenters. The van der Waals surface area contributed by atoms with Crippen LogP contribution in [0.3, 0.4) is 0 Å². The van der Waals surface area contributed by atoms with E-state index in [9.17, 15) is 9.90 Å². The molecule has 0 fully saturated rings. The van der Waals surface area contributed by atoms with Crippen molar-refractivity contribution < 1.29 is 14.6 Å². The van der Waals surface area contributed by atoms with Gasteiger partial charge in [0, 0.05) is 13.3 Å². The minimum absolute atomic E-state index is 0.263. The number of ether oxygens (including phenoxy) is 1. The summed E-state index contributed by atoms with van der Waals surface area (Å²) in [5.74, 6) is 10.9. The summed E-state index contributed by atoms with van der Waals surface area (Å²) < 4.78 is 4.78. The molecule has 0 aromatic rings. The molecule has 0 aliphatic rings. The number of carbonyl (C=O) groups is 1. The maximum Gasteiger partial charge on any atom is 0.302 e. The molecule has 0 aromatic carbocycles. The Morgan fingerprint density at radius 1 is 1.23 bits per heavy atom. The minimum Gasteiger partial charge on any atom is -0.466 e. The van der Waals surface area contributed by atoms with Gasteiger partial charge < -0.3 is 9.84 Å². The second-order valence-corrected chi connectivity index (χ2v) is 4.50. The molecule has 0 rings (SSSR count). The fourth-order valence-electron chi connectivity index (χ4n) is 1.38. The third-order valence-electron chi connectivity index (χ3n) is 2.41. The molecule has 0 aliphatic carbocycles. The second kappa shape index (κ2) is 15.2. The standard InChI is InChI=1S/C19H24O3/c1-3-15-19(21)16-13-11-9-7-5-4-6-8-10-12-14-17-22-18(2)20/h5,7,9,11,13,16,19,21H,3,12,14-15,17H2,1-2H3/b7-5+,11-9+,16-13+/t19-/m1/s1. The van der Waals surface area contributed by atoms with Crippen molar-refractivity contribution >= 4 is 5.97 Å². The molecule has 118 valence electrons. The van der Waals surface area contributed by atoms with E-state index in [0.717, 1.165) is 19.3 Å². The summed E-state index contributed by atoms with van der Waals surface area (Å²) in [5.41, 5.74) is 0. The highest BCUT2D eigenvalue weighted by molar-refractivity contribution is 5.65. The van der Waals surface area contributed by atoms with Crippen LogP contribution in [0.2, 0.25) is 0 Å². The molecular formula is C19H24O3. The fraction of sp³-hybridized carbons (Fsp3) is 0.421. The van der Waals surface area contributed by atoms with Crippen molar-refractivity contribution in [1.29, 1.82) is 0 Å². The van der Waals surface area contributed by atoms with Crippen LogP contribution in [0.5, 0.6) is 0 Å². The predicted octanol–water partition coefficient (Wildman–Crippen LogP) is 3.17. The molecule has 22 heavy (non-hydrogen) atoms. The number of unbranched alkanes of at least 4 members (excludes halogenated alkanes) is 1. The number of carbonyl (C=O) groups excluding carboxylic acids is 1. The highest BCUT2D eigenvalue weighted by Gasteiger charge is 1.93. The van der Waals surface area contributed by atoms with E-state index in [1.807, 2.05) is 31.2 Å². The first-order chi connectivity index (χ1) is 10.7. The Bertz CT molecular complexity index is 504. The SMILES string of the molecule is CCC[C@@H](O)/C=C/C=C/C=C/C#CC#CCCCOC(C)=O. The first-order valence-electron chi connectivity index (χ1n) is 7.46. The van der Waals surface area contributed by atoms with Gasteiger partial charge in [-0.05, 0) is 30.8 Å². The molecule has 0 bridgehead atoms. The normalized spacial score (nSPS) is 12.0. The largest absolute Gasteiger partial charge is 0.466 e. The van der Waals surface area contributed by atoms with E-state index in [4.69, 9.17) is 4.74 Å². The number of rotatable bonds is 8. The summed E-state index contributed by atoms with van der Waals surface area (Å²) in [5, 5.41) is 9.45. The van der Waals surface area contributed by atoms with Gasteiger partial charge in [-0.25, -0.2) is 0 Å². The van der Waals surface area contributed by atoms with Crippen molar-refractivity contribution in [1.82, 2.24) is 0 Å². The van der Waals surface area contributed by atoms with Gasteiger partial charge in [0.05, 0.1) is 12.7 Å². The molecule has 3 nitrogen and oxygen atoms in total. The van der Waals surface area contributed by atoms with Crippen LogP contribution in [0, 0.1) is 23.7 Å². The molecule has 0 aliphatic heterocycles. The fourth-order valence-corrected chi connectivity index (χ4v) is 1.38. The topological polar surface area (TPSA) is 46.5 Å². The van der Waals surface area contributed by atoms with Crippen LogP contribution in [-0.2, 0) is 9.53 Å². The van der Waals surface area contributed by atoms with E-state index in [0.29, 0.717) is 13.0 Å². The summed E-state index contributed by atoms with van der Waals surface area (Å²) in [6.07, 6.45) is 13.6. The summed E-state index contributed by atoms with van der Waals surface area (Å²) in [4.78, 5) is 10.5. The first kappa shape index (κ1) is 19.8. The molecule has 0 radical (unpaired) electrons. The van der Waals surface area contributed by atoms with E-state index >= 15 is 0 Å². The lowest BCUT2D eigenvalue weighted by Gasteiger charge is -1.99. The number of aliphatic hydroxyl groups excluding tert-OH is 1. The average molecular weight is 300 g/mol. The van der Waals surface area contributed by atoms with E-state index in [-0.39, 0.29) is 12.1 Å². The molecule has 0 amide bonds. The third-order valence-corrected chi connectivity index (χ3v) is 2.41. The van der Waals surface area contributed by atoms with Gasteiger partial charge >= 0.3 is 5.97 Å². The number of hydrogen-bond acceptors (Lipinski definition) is 3. The number of aliphatic hydroxyl groups is 1. The average Bonchev–Trinajstić information content (AvgIpc) is 2.47. The molecule has 0 spiro atoms. The molecule has 0 aromatic heterocycles. The number of allylic oxidation sites excluding steroid dienone is 5. The van der Waals surface area contributed by atoms with Gasteiger partial charge in [0.15, 0.2) is 0 Å². The Balaban J connectivity index is 3.80. The maximum absolute atomic E-state index is 10.5. The summed E-state index contributed by atoms with van der Waals surface area (Å²) in [7, 11) is 0. The van der Waals surface area contributed by atoms with Crippen LogP contribution in [0.25, 0.3) is 0 Å². The van der Waals surface area contributed by atoms with Crippen molar-refractivity contribution in [3.63, 3.8) is 0 Å². The first-order valence-corrected chi connectivity index (χ1v) is 7.46. The van der Waals surface area contributed by atoms with Gasteiger partial charge in [0.2, 0.25) is 0 Å². The van der Waals surface area contributed by atoms with Crippen LogP contribution < -0.4 is 0 Å². The highest BCUT2D eigenvalue weighted by Crippen LogP contribution is 1.97. The van der Waals surface area contributed by atoms with Gasteiger partial charge in [0.1, 0.15) is 0 Å². The van der Waals surface area contributed by atoms with Crippen molar-refractivity contribution in [3.8, 4) is 23.7 Å². The summed E-state index contributed by atoms with van der Waals surface area (Å²) >= 11 is 0.